The molecule has 0 bridgehead atoms. The van der Waals surface area contributed by atoms with E-state index in [1.54, 1.807) is 13.1 Å². The average molecular weight is 273 g/mol. The molecule has 1 heterocycles. The molecular formula is C12H16FNO3S. The van der Waals surface area contributed by atoms with Crippen LogP contribution in [0.1, 0.15) is 12.0 Å². The first-order chi connectivity index (χ1) is 8.43. The van der Waals surface area contributed by atoms with Gasteiger partial charge in [0.2, 0.25) is 0 Å². The summed E-state index contributed by atoms with van der Waals surface area (Å²) in [6.45, 7) is -0.267. The van der Waals surface area contributed by atoms with Crippen molar-refractivity contribution in [2.75, 3.05) is 23.5 Å². The third-order valence-corrected chi connectivity index (χ3v) is 5.10. The van der Waals surface area contributed by atoms with Crippen molar-refractivity contribution in [2.45, 2.75) is 19.1 Å². The minimum Gasteiger partial charge on any atom is -0.392 e. The molecule has 1 aliphatic rings. The lowest BCUT2D eigenvalue weighted by Gasteiger charge is -2.27. The van der Waals surface area contributed by atoms with E-state index >= 15 is 0 Å². The number of benzene rings is 1. The molecule has 4 nitrogen and oxygen atoms in total. The topological polar surface area (TPSA) is 57.6 Å². The highest BCUT2D eigenvalue weighted by Gasteiger charge is 2.31. The van der Waals surface area contributed by atoms with Crippen LogP contribution in [0, 0.1) is 5.82 Å². The molecule has 2 rings (SSSR count). The largest absolute Gasteiger partial charge is 0.392 e. The van der Waals surface area contributed by atoms with Gasteiger partial charge < -0.3 is 10.0 Å². The van der Waals surface area contributed by atoms with E-state index in [-0.39, 0.29) is 24.2 Å². The van der Waals surface area contributed by atoms with Crippen LogP contribution in [-0.2, 0) is 16.4 Å². The van der Waals surface area contributed by atoms with Crippen molar-refractivity contribution >= 4 is 15.5 Å². The number of rotatable bonds is 3. The number of sulfone groups is 1. The molecule has 1 fully saturated rings. The molecule has 100 valence electrons. The Hall–Kier alpha value is -1.14. The predicted molar refractivity (Wildman–Crippen MR) is 67.8 cm³/mol. The Balaban J connectivity index is 2.26. The van der Waals surface area contributed by atoms with E-state index in [9.17, 15) is 17.9 Å². The second kappa shape index (κ2) is 4.85. The van der Waals surface area contributed by atoms with Gasteiger partial charge in [0.25, 0.3) is 0 Å². The lowest BCUT2D eigenvalue weighted by atomic mass is 10.1. The summed E-state index contributed by atoms with van der Waals surface area (Å²) >= 11 is 0. The minimum absolute atomic E-state index is 0.106. The van der Waals surface area contributed by atoms with Crippen molar-refractivity contribution in [1.82, 2.24) is 0 Å². The van der Waals surface area contributed by atoms with E-state index in [1.807, 2.05) is 4.90 Å². The number of hydrogen-bond acceptors (Lipinski definition) is 4. The van der Waals surface area contributed by atoms with Crippen LogP contribution in [0.15, 0.2) is 18.2 Å². The first-order valence-electron chi connectivity index (χ1n) is 5.75. The van der Waals surface area contributed by atoms with E-state index in [4.69, 9.17) is 0 Å². The zero-order valence-electron chi connectivity index (χ0n) is 10.1. The van der Waals surface area contributed by atoms with Crippen molar-refractivity contribution in [3.05, 3.63) is 29.6 Å². The van der Waals surface area contributed by atoms with Gasteiger partial charge in [-0.1, -0.05) is 0 Å². The molecule has 1 aromatic carbocycles. The van der Waals surface area contributed by atoms with Crippen LogP contribution in [0.2, 0.25) is 0 Å². The first kappa shape index (κ1) is 13.3. The Morgan fingerprint density at radius 1 is 1.50 bits per heavy atom. The standard InChI is InChI=1S/C12H16FNO3S/c1-14(11-4-5-18(16,17)8-11)12-3-2-10(13)6-9(12)7-15/h2-3,6,11,15H,4-5,7-8H2,1H3. The van der Waals surface area contributed by atoms with Gasteiger partial charge in [-0.3, -0.25) is 0 Å². The van der Waals surface area contributed by atoms with Gasteiger partial charge in [0.15, 0.2) is 9.84 Å². The van der Waals surface area contributed by atoms with Gasteiger partial charge in [-0.05, 0) is 24.6 Å². The van der Waals surface area contributed by atoms with Crippen LogP contribution < -0.4 is 4.90 Å². The highest BCUT2D eigenvalue weighted by Crippen LogP contribution is 2.26. The smallest absolute Gasteiger partial charge is 0.152 e. The van der Waals surface area contributed by atoms with Gasteiger partial charge in [0.1, 0.15) is 5.82 Å². The number of nitrogens with zero attached hydrogens (tertiary/aromatic N) is 1. The van der Waals surface area contributed by atoms with Crippen molar-refractivity contribution < 1.29 is 17.9 Å². The molecule has 0 radical (unpaired) electrons. The summed E-state index contributed by atoms with van der Waals surface area (Å²) in [5.74, 6) is -0.0982. The van der Waals surface area contributed by atoms with Crippen LogP contribution in [0.3, 0.4) is 0 Å². The molecule has 1 aromatic rings. The summed E-state index contributed by atoms with van der Waals surface area (Å²) < 4.78 is 36.0. The minimum atomic E-state index is -2.95. The van der Waals surface area contributed by atoms with Gasteiger partial charge in [0.05, 0.1) is 18.1 Å². The normalized spacial score (nSPS) is 22.1. The lowest BCUT2D eigenvalue weighted by Crippen LogP contribution is -2.33. The molecule has 0 saturated carbocycles. The van der Waals surface area contributed by atoms with E-state index in [0.29, 0.717) is 17.7 Å². The Labute approximate surface area is 106 Å². The van der Waals surface area contributed by atoms with Crippen LogP contribution in [0.5, 0.6) is 0 Å². The maximum absolute atomic E-state index is 13.1. The maximum atomic E-state index is 13.1. The van der Waals surface area contributed by atoms with Crippen molar-refractivity contribution in [3.8, 4) is 0 Å². The molecule has 0 spiro atoms. The number of hydrogen-bond donors (Lipinski definition) is 1. The quantitative estimate of drug-likeness (QED) is 0.890. The number of halogens is 1. The molecule has 1 aliphatic heterocycles. The van der Waals surface area contributed by atoms with Crippen LogP contribution in [0.4, 0.5) is 10.1 Å². The van der Waals surface area contributed by atoms with Gasteiger partial charge in [-0.25, -0.2) is 12.8 Å². The molecule has 6 heteroatoms. The van der Waals surface area contributed by atoms with Crippen LogP contribution in [0.25, 0.3) is 0 Å². The van der Waals surface area contributed by atoms with Crippen LogP contribution >= 0.6 is 0 Å². The van der Waals surface area contributed by atoms with Gasteiger partial charge in [-0.2, -0.15) is 0 Å². The van der Waals surface area contributed by atoms with E-state index in [0.717, 1.165) is 0 Å². The summed E-state index contributed by atoms with van der Waals surface area (Å²) in [7, 11) is -1.18. The Kier molecular flexibility index (Phi) is 3.59. The molecule has 1 atom stereocenters. The maximum Gasteiger partial charge on any atom is 0.152 e. The zero-order valence-corrected chi connectivity index (χ0v) is 11.0. The highest BCUT2D eigenvalue weighted by molar-refractivity contribution is 7.91. The summed E-state index contributed by atoms with van der Waals surface area (Å²) in [6.07, 6.45) is 0.571. The molecule has 1 N–H and O–H groups in total. The molecule has 18 heavy (non-hydrogen) atoms. The summed E-state index contributed by atoms with van der Waals surface area (Å²) in [4.78, 5) is 1.82. The Bertz CT molecular complexity index is 544. The lowest BCUT2D eigenvalue weighted by molar-refractivity contribution is 0.281. The fourth-order valence-corrected chi connectivity index (χ4v) is 4.08. The molecule has 0 aromatic heterocycles. The van der Waals surface area contributed by atoms with Gasteiger partial charge >= 0.3 is 0 Å². The third kappa shape index (κ3) is 2.64. The molecule has 1 unspecified atom stereocenters. The first-order valence-corrected chi connectivity index (χ1v) is 7.57. The van der Waals surface area contributed by atoms with Crippen molar-refractivity contribution in [2.24, 2.45) is 0 Å². The van der Waals surface area contributed by atoms with Crippen molar-refractivity contribution in [3.63, 3.8) is 0 Å². The zero-order chi connectivity index (χ0) is 13.3. The number of aliphatic hydroxyl groups excluding tert-OH is 1. The van der Waals surface area contributed by atoms with Crippen LogP contribution in [-0.4, -0.2) is 38.1 Å². The summed E-state index contributed by atoms with van der Waals surface area (Å²) in [6, 6.07) is 4.06. The fourth-order valence-electron chi connectivity index (χ4n) is 2.30. The number of aliphatic hydroxyl groups is 1. The van der Waals surface area contributed by atoms with Gasteiger partial charge in [0, 0.05) is 24.3 Å². The fraction of sp³-hybridized carbons (Fsp3) is 0.500. The molecule has 1 saturated heterocycles. The summed E-state index contributed by atoms with van der Waals surface area (Å²) in [5.41, 5.74) is 1.16. The highest BCUT2D eigenvalue weighted by atomic mass is 32.2. The third-order valence-electron chi connectivity index (χ3n) is 3.35. The summed E-state index contributed by atoms with van der Waals surface area (Å²) in [5, 5.41) is 9.23. The van der Waals surface area contributed by atoms with E-state index < -0.39 is 15.7 Å². The predicted octanol–water partition coefficient (Wildman–Crippen LogP) is 0.941. The second-order valence-corrected chi connectivity index (χ2v) is 6.83. The van der Waals surface area contributed by atoms with E-state index in [1.165, 1.54) is 12.1 Å². The monoisotopic (exact) mass is 273 g/mol. The Morgan fingerprint density at radius 3 is 2.78 bits per heavy atom. The molecule has 0 aliphatic carbocycles. The van der Waals surface area contributed by atoms with Crippen molar-refractivity contribution in [1.29, 1.82) is 0 Å². The second-order valence-electron chi connectivity index (χ2n) is 4.60. The molecule has 0 amide bonds. The van der Waals surface area contributed by atoms with E-state index in [2.05, 4.69) is 0 Å². The Morgan fingerprint density at radius 2 is 2.22 bits per heavy atom. The average Bonchev–Trinajstić information content (AvgIpc) is 2.68. The number of anilines is 1. The van der Waals surface area contributed by atoms with Gasteiger partial charge in [-0.15, -0.1) is 0 Å². The SMILES string of the molecule is CN(c1ccc(F)cc1CO)C1CCS(=O)(=O)C1. The molecular weight excluding hydrogens is 257 g/mol.